The Morgan fingerprint density at radius 2 is 1.97 bits per heavy atom. The second-order valence-corrected chi connectivity index (χ2v) is 9.81. The van der Waals surface area contributed by atoms with Gasteiger partial charge in [0, 0.05) is 11.9 Å². The van der Waals surface area contributed by atoms with E-state index in [0.717, 1.165) is 27.9 Å². The van der Waals surface area contributed by atoms with E-state index in [1.807, 2.05) is 11.3 Å². The molecule has 3 rings (SSSR count). The minimum atomic E-state index is -3.41. The minimum absolute atomic E-state index is 0.0243. The second kappa shape index (κ2) is 9.13. The van der Waals surface area contributed by atoms with Crippen molar-refractivity contribution < 1.29 is 17.9 Å². The van der Waals surface area contributed by atoms with Gasteiger partial charge in [0.2, 0.25) is 0 Å². The average Bonchev–Trinajstić information content (AvgIpc) is 2.99. The van der Waals surface area contributed by atoms with Gasteiger partial charge in [-0.15, -0.1) is 0 Å². The van der Waals surface area contributed by atoms with Crippen molar-refractivity contribution in [1.29, 1.82) is 5.26 Å². The van der Waals surface area contributed by atoms with Gasteiger partial charge in [0.25, 0.3) is 0 Å². The standard InChI is InChI=1S/C23H23ClN2O4S/c1-4-30-23(27)13-20-15(3)18(21-12-17(14-25)8-9-26(20)21)10-16-6-7-22(19(24)11-16)31(28,29)5-2/h6-9,11-12H,4-5,10,13H2,1-3H3. The quantitative estimate of drug-likeness (QED) is 0.493. The molecule has 6 nitrogen and oxygen atoms in total. The first-order valence-corrected chi connectivity index (χ1v) is 11.9. The van der Waals surface area contributed by atoms with Crippen LogP contribution in [0.5, 0.6) is 0 Å². The summed E-state index contributed by atoms with van der Waals surface area (Å²) in [5, 5.41) is 9.51. The molecule has 0 aliphatic carbocycles. The highest BCUT2D eigenvalue weighted by Crippen LogP contribution is 2.30. The first-order chi connectivity index (χ1) is 14.7. The largest absolute Gasteiger partial charge is 0.466 e. The Bertz CT molecular complexity index is 1300. The van der Waals surface area contributed by atoms with Gasteiger partial charge in [-0.2, -0.15) is 5.26 Å². The van der Waals surface area contributed by atoms with Crippen LogP contribution in [0.3, 0.4) is 0 Å². The highest BCUT2D eigenvalue weighted by atomic mass is 35.5. The van der Waals surface area contributed by atoms with E-state index < -0.39 is 9.84 Å². The Labute approximate surface area is 186 Å². The molecule has 0 unspecified atom stereocenters. The Morgan fingerprint density at radius 1 is 1.23 bits per heavy atom. The molecule has 0 saturated heterocycles. The molecule has 0 amide bonds. The molecule has 0 aliphatic heterocycles. The molecule has 0 fully saturated rings. The van der Waals surface area contributed by atoms with Gasteiger partial charge in [-0.05, 0) is 61.2 Å². The number of halogens is 1. The van der Waals surface area contributed by atoms with Crippen molar-refractivity contribution in [3.63, 3.8) is 0 Å². The molecule has 0 radical (unpaired) electrons. The van der Waals surface area contributed by atoms with E-state index in [0.29, 0.717) is 18.6 Å². The lowest BCUT2D eigenvalue weighted by atomic mass is 10.0. The summed E-state index contributed by atoms with van der Waals surface area (Å²) >= 11 is 6.28. The lowest BCUT2D eigenvalue weighted by molar-refractivity contribution is -0.142. The smallest absolute Gasteiger partial charge is 0.311 e. The number of pyridine rings is 1. The van der Waals surface area contributed by atoms with Crippen LogP contribution in [0.4, 0.5) is 0 Å². The van der Waals surface area contributed by atoms with E-state index in [1.165, 1.54) is 6.07 Å². The van der Waals surface area contributed by atoms with Gasteiger partial charge in [-0.1, -0.05) is 24.6 Å². The van der Waals surface area contributed by atoms with Crippen LogP contribution in [0.15, 0.2) is 41.4 Å². The minimum Gasteiger partial charge on any atom is -0.466 e. The molecule has 0 bridgehead atoms. The third-order valence-electron chi connectivity index (χ3n) is 5.28. The van der Waals surface area contributed by atoms with E-state index in [2.05, 4.69) is 6.07 Å². The summed E-state index contributed by atoms with van der Waals surface area (Å²) in [5.41, 5.74) is 4.82. The van der Waals surface area contributed by atoms with Crippen molar-refractivity contribution in [3.8, 4) is 6.07 Å². The van der Waals surface area contributed by atoms with Crippen molar-refractivity contribution in [2.24, 2.45) is 0 Å². The van der Waals surface area contributed by atoms with E-state index in [9.17, 15) is 18.5 Å². The van der Waals surface area contributed by atoms with Crippen molar-refractivity contribution >= 4 is 32.9 Å². The Kier molecular flexibility index (Phi) is 6.73. The summed E-state index contributed by atoms with van der Waals surface area (Å²) in [4.78, 5) is 12.3. The lowest BCUT2D eigenvalue weighted by Gasteiger charge is -2.08. The Hall–Kier alpha value is -2.82. The fourth-order valence-corrected chi connectivity index (χ4v) is 5.14. The van der Waals surface area contributed by atoms with Gasteiger partial charge in [-0.3, -0.25) is 4.79 Å². The number of rotatable bonds is 7. The number of aromatic nitrogens is 1. The van der Waals surface area contributed by atoms with Gasteiger partial charge < -0.3 is 9.14 Å². The molecular weight excluding hydrogens is 436 g/mol. The van der Waals surface area contributed by atoms with Gasteiger partial charge in [0.15, 0.2) is 9.84 Å². The van der Waals surface area contributed by atoms with Gasteiger partial charge in [0.1, 0.15) is 0 Å². The van der Waals surface area contributed by atoms with Crippen LogP contribution in [0.25, 0.3) is 5.52 Å². The fraction of sp³-hybridized carbons (Fsp3) is 0.304. The monoisotopic (exact) mass is 458 g/mol. The molecule has 0 aliphatic rings. The number of nitriles is 1. The van der Waals surface area contributed by atoms with Crippen molar-refractivity contribution in [2.75, 3.05) is 12.4 Å². The number of fused-ring (bicyclic) bond motifs is 1. The zero-order valence-corrected chi connectivity index (χ0v) is 19.2. The number of hydrogen-bond acceptors (Lipinski definition) is 5. The SMILES string of the molecule is CCOC(=O)Cc1c(C)c(Cc2ccc(S(=O)(=O)CC)c(Cl)c2)c2cc(C#N)ccn12. The van der Waals surface area contributed by atoms with Gasteiger partial charge in [-0.25, -0.2) is 8.42 Å². The van der Waals surface area contributed by atoms with Gasteiger partial charge in [0.05, 0.1) is 45.8 Å². The summed E-state index contributed by atoms with van der Waals surface area (Å²) in [6, 6.07) is 10.6. The zero-order valence-electron chi connectivity index (χ0n) is 17.6. The molecule has 0 N–H and O–H groups in total. The third-order valence-corrected chi connectivity index (χ3v) is 7.49. The number of sulfone groups is 1. The maximum Gasteiger partial charge on any atom is 0.311 e. The first-order valence-electron chi connectivity index (χ1n) is 9.91. The van der Waals surface area contributed by atoms with E-state index in [4.69, 9.17) is 16.3 Å². The van der Waals surface area contributed by atoms with Crippen molar-refractivity contribution in [2.45, 2.75) is 38.5 Å². The Morgan fingerprint density at radius 3 is 2.58 bits per heavy atom. The molecule has 162 valence electrons. The molecule has 0 atom stereocenters. The van der Waals surface area contributed by atoms with Crippen LogP contribution in [0.1, 0.15) is 41.8 Å². The first kappa shape index (κ1) is 22.9. The van der Waals surface area contributed by atoms with Crippen LogP contribution in [-0.2, 0) is 32.2 Å². The predicted octanol–water partition coefficient (Wildman–Crippen LogP) is 4.26. The molecule has 2 aromatic heterocycles. The van der Waals surface area contributed by atoms with Crippen LogP contribution in [-0.4, -0.2) is 31.1 Å². The summed E-state index contributed by atoms with van der Waals surface area (Å²) in [5.74, 6) is -0.346. The highest BCUT2D eigenvalue weighted by Gasteiger charge is 2.20. The van der Waals surface area contributed by atoms with Crippen LogP contribution < -0.4 is 0 Å². The number of benzene rings is 1. The maximum absolute atomic E-state index is 12.2. The Balaban J connectivity index is 2.09. The van der Waals surface area contributed by atoms with E-state index >= 15 is 0 Å². The molecule has 1 aromatic carbocycles. The van der Waals surface area contributed by atoms with E-state index in [-0.39, 0.29) is 28.1 Å². The number of carbonyl (C=O) groups is 1. The van der Waals surface area contributed by atoms with Crippen LogP contribution in [0.2, 0.25) is 5.02 Å². The van der Waals surface area contributed by atoms with Crippen LogP contribution >= 0.6 is 11.6 Å². The summed E-state index contributed by atoms with van der Waals surface area (Å²) in [6.07, 6.45) is 2.36. The summed E-state index contributed by atoms with van der Waals surface area (Å²) in [7, 11) is -3.41. The summed E-state index contributed by atoms with van der Waals surface area (Å²) in [6.45, 7) is 5.57. The molecular formula is C23H23ClN2O4S. The topological polar surface area (TPSA) is 88.6 Å². The van der Waals surface area contributed by atoms with Crippen molar-refractivity contribution in [1.82, 2.24) is 4.40 Å². The second-order valence-electron chi connectivity index (χ2n) is 7.16. The normalized spacial score (nSPS) is 11.5. The molecule has 8 heteroatoms. The molecule has 0 saturated carbocycles. The van der Waals surface area contributed by atoms with Gasteiger partial charge >= 0.3 is 5.97 Å². The molecule has 31 heavy (non-hydrogen) atoms. The number of nitrogens with zero attached hydrogens (tertiary/aromatic N) is 2. The predicted molar refractivity (Wildman–Crippen MR) is 119 cm³/mol. The molecule has 2 heterocycles. The van der Waals surface area contributed by atoms with Crippen molar-refractivity contribution in [3.05, 3.63) is 69.5 Å². The van der Waals surface area contributed by atoms with Crippen LogP contribution in [0, 0.1) is 18.3 Å². The lowest BCUT2D eigenvalue weighted by Crippen LogP contribution is -2.10. The summed E-state index contributed by atoms with van der Waals surface area (Å²) < 4.78 is 31.4. The number of carbonyl (C=O) groups excluding carboxylic acids is 1. The number of ether oxygens (including phenoxy) is 1. The maximum atomic E-state index is 12.2. The fourth-order valence-electron chi connectivity index (χ4n) is 3.64. The van der Waals surface area contributed by atoms with E-state index in [1.54, 1.807) is 44.3 Å². The highest BCUT2D eigenvalue weighted by molar-refractivity contribution is 7.91. The molecule has 0 spiro atoms. The number of hydrogen-bond donors (Lipinski definition) is 0. The average molecular weight is 459 g/mol. The zero-order chi connectivity index (χ0) is 22.8. The third kappa shape index (κ3) is 4.60. The number of esters is 1. The molecule has 3 aromatic rings.